The molecule has 0 saturated heterocycles. The predicted molar refractivity (Wildman–Crippen MR) is 325 cm³/mol. The molecule has 0 atom stereocenters. The maximum absolute atomic E-state index is 12.8. The highest BCUT2D eigenvalue weighted by atomic mass is 16.5. The summed E-state index contributed by atoms with van der Waals surface area (Å²) in [5, 5.41) is 10.2. The largest absolute Gasteiger partial charge is 0.466 e. The molecule has 460 valence electrons. The van der Waals surface area contributed by atoms with Gasteiger partial charge in [-0.3, -0.25) is 19.2 Å². The van der Waals surface area contributed by atoms with Crippen LogP contribution >= 0.6 is 0 Å². The minimum atomic E-state index is -0.206. The first-order valence-corrected chi connectivity index (χ1v) is 32.3. The van der Waals surface area contributed by atoms with Gasteiger partial charge in [0.2, 0.25) is 17.8 Å². The fraction of sp³-hybridized carbons (Fsp3) is 0.887. The molecule has 79 heavy (non-hydrogen) atoms. The van der Waals surface area contributed by atoms with Crippen molar-refractivity contribution in [2.24, 2.45) is 0 Å². The van der Waals surface area contributed by atoms with Crippen molar-refractivity contribution in [3.8, 4) is 0 Å². The van der Waals surface area contributed by atoms with E-state index in [0.29, 0.717) is 103 Å². The first-order valence-electron chi connectivity index (χ1n) is 32.3. The SMILES string of the molecule is CCCCCCCCCOC(=O)CCN(CCCNc1nc(NCCCN(C)C)nc(NCCCN(CCC(=O)OCCCCCCCCC)CCC(=O)OCCCCCCCCC)n1)CCC(=O)OCCCCCCCCC. The predicted octanol–water partition coefficient (Wildman–Crippen LogP) is 13.2. The van der Waals surface area contributed by atoms with Gasteiger partial charge < -0.3 is 49.6 Å². The summed E-state index contributed by atoms with van der Waals surface area (Å²) in [6, 6.07) is 0. The molecule has 0 spiro atoms. The molecule has 0 radical (unpaired) electrons. The van der Waals surface area contributed by atoms with E-state index in [1.54, 1.807) is 0 Å². The number of anilines is 3. The van der Waals surface area contributed by atoms with E-state index in [1.807, 2.05) is 0 Å². The summed E-state index contributed by atoms with van der Waals surface area (Å²) in [7, 11) is 4.10. The zero-order chi connectivity index (χ0) is 57.5. The third-order valence-corrected chi connectivity index (χ3v) is 14.1. The van der Waals surface area contributed by atoms with Crippen molar-refractivity contribution in [1.82, 2.24) is 29.7 Å². The molecular formula is C62H119N9O8. The first-order chi connectivity index (χ1) is 38.6. The lowest BCUT2D eigenvalue weighted by molar-refractivity contribution is -0.146. The summed E-state index contributed by atoms with van der Waals surface area (Å²) in [4.78, 5) is 71.8. The zero-order valence-corrected chi connectivity index (χ0v) is 51.6. The van der Waals surface area contributed by atoms with E-state index < -0.39 is 0 Å². The Morgan fingerprint density at radius 1 is 0.316 bits per heavy atom. The lowest BCUT2D eigenvalue weighted by Gasteiger charge is -2.22. The summed E-state index contributed by atoms with van der Waals surface area (Å²) in [5.74, 6) is 0.522. The van der Waals surface area contributed by atoms with Crippen molar-refractivity contribution in [1.29, 1.82) is 0 Å². The molecule has 0 amide bonds. The average Bonchev–Trinajstić information content (AvgIpc) is 3.44. The molecular weight excluding hydrogens is 999 g/mol. The number of nitrogens with zero attached hydrogens (tertiary/aromatic N) is 6. The lowest BCUT2D eigenvalue weighted by Crippen LogP contribution is -2.32. The van der Waals surface area contributed by atoms with Crippen molar-refractivity contribution in [3.63, 3.8) is 0 Å². The summed E-state index contributed by atoms with van der Waals surface area (Å²) in [6.07, 6.45) is 35.9. The van der Waals surface area contributed by atoms with E-state index in [0.717, 1.165) is 77.2 Å². The molecule has 0 fully saturated rings. The zero-order valence-electron chi connectivity index (χ0n) is 51.6. The number of rotatable bonds is 59. The van der Waals surface area contributed by atoms with E-state index in [1.165, 1.54) is 128 Å². The molecule has 1 aromatic rings. The summed E-state index contributed by atoms with van der Waals surface area (Å²) in [6.45, 7) is 16.7. The standard InChI is InChI=1S/C62H119N9O8/c1-7-11-15-19-23-27-31-52-76-56(72)38-48-70(49-39-57(73)77-53-32-28-24-20-16-12-8-2)46-36-43-64-61-66-60(63-42-35-45-69(5)6)67-62(68-61)65-44-37-47-71(50-40-58(74)78-54-33-29-25-21-17-13-9-3)51-41-59(75)79-55-34-30-26-22-18-14-10-4/h7-55H2,1-6H3,(H3,63,64,65,66,67,68). The van der Waals surface area contributed by atoms with E-state index >= 15 is 0 Å². The number of ether oxygens (including phenoxy) is 4. The molecule has 0 aliphatic heterocycles. The van der Waals surface area contributed by atoms with Gasteiger partial charge in [-0.15, -0.1) is 0 Å². The van der Waals surface area contributed by atoms with Crippen molar-refractivity contribution >= 4 is 41.7 Å². The van der Waals surface area contributed by atoms with Gasteiger partial charge in [0.05, 0.1) is 52.1 Å². The second-order valence-electron chi connectivity index (χ2n) is 22.0. The number of hydrogen-bond acceptors (Lipinski definition) is 17. The molecule has 17 nitrogen and oxygen atoms in total. The normalized spacial score (nSPS) is 11.4. The molecule has 1 heterocycles. The Bertz CT molecular complexity index is 1420. The molecule has 0 aromatic carbocycles. The quantitative estimate of drug-likeness (QED) is 0.0317. The van der Waals surface area contributed by atoms with E-state index in [4.69, 9.17) is 33.9 Å². The van der Waals surface area contributed by atoms with Crippen LogP contribution in [0.2, 0.25) is 0 Å². The van der Waals surface area contributed by atoms with Crippen LogP contribution in [0.5, 0.6) is 0 Å². The summed E-state index contributed by atoms with van der Waals surface area (Å²) >= 11 is 0. The third kappa shape index (κ3) is 48.6. The Morgan fingerprint density at radius 3 is 0.785 bits per heavy atom. The Labute approximate surface area is 482 Å². The van der Waals surface area contributed by atoms with Gasteiger partial charge in [-0.2, -0.15) is 15.0 Å². The van der Waals surface area contributed by atoms with E-state index in [9.17, 15) is 19.2 Å². The van der Waals surface area contributed by atoms with Crippen molar-refractivity contribution in [3.05, 3.63) is 0 Å². The number of nitrogens with one attached hydrogen (secondary N) is 3. The molecule has 0 saturated carbocycles. The molecule has 0 unspecified atom stereocenters. The minimum Gasteiger partial charge on any atom is -0.466 e. The second kappa shape index (κ2) is 54.7. The van der Waals surface area contributed by atoms with Crippen LogP contribution < -0.4 is 16.0 Å². The molecule has 1 aromatic heterocycles. The fourth-order valence-electron chi connectivity index (χ4n) is 9.15. The van der Waals surface area contributed by atoms with Crippen LogP contribution in [0.1, 0.15) is 252 Å². The maximum atomic E-state index is 12.8. The van der Waals surface area contributed by atoms with Crippen LogP contribution in [0.25, 0.3) is 0 Å². The number of hydrogen-bond donors (Lipinski definition) is 3. The van der Waals surface area contributed by atoms with Crippen molar-refractivity contribution in [2.45, 2.75) is 252 Å². The van der Waals surface area contributed by atoms with Gasteiger partial charge in [-0.25, -0.2) is 0 Å². The first kappa shape index (κ1) is 73.2. The van der Waals surface area contributed by atoms with Crippen molar-refractivity contribution < 1.29 is 38.1 Å². The van der Waals surface area contributed by atoms with Gasteiger partial charge in [0.25, 0.3) is 0 Å². The van der Waals surface area contributed by atoms with Crippen LogP contribution in [0.3, 0.4) is 0 Å². The smallest absolute Gasteiger partial charge is 0.307 e. The molecule has 1 rings (SSSR count). The van der Waals surface area contributed by atoms with Crippen LogP contribution in [0.4, 0.5) is 17.8 Å². The Morgan fingerprint density at radius 2 is 0.544 bits per heavy atom. The van der Waals surface area contributed by atoms with E-state index in [-0.39, 0.29) is 49.6 Å². The van der Waals surface area contributed by atoms with Gasteiger partial charge in [0.15, 0.2) is 0 Å². The number of aromatic nitrogens is 3. The number of carbonyl (C=O) groups is 4. The Balaban J connectivity index is 2.92. The fourth-order valence-corrected chi connectivity index (χ4v) is 9.15. The average molecular weight is 1120 g/mol. The monoisotopic (exact) mass is 1120 g/mol. The minimum absolute atomic E-state index is 0.206. The lowest BCUT2D eigenvalue weighted by atomic mass is 10.1. The molecule has 0 bridgehead atoms. The van der Waals surface area contributed by atoms with Crippen LogP contribution in [0, 0.1) is 0 Å². The highest BCUT2D eigenvalue weighted by Crippen LogP contribution is 2.14. The number of unbranched alkanes of at least 4 members (excludes halogenated alkanes) is 24. The highest BCUT2D eigenvalue weighted by molar-refractivity contribution is 5.71. The van der Waals surface area contributed by atoms with Gasteiger partial charge in [-0.1, -0.05) is 182 Å². The van der Waals surface area contributed by atoms with Gasteiger partial charge >= 0.3 is 23.9 Å². The number of carbonyl (C=O) groups excluding carboxylic acids is 4. The van der Waals surface area contributed by atoms with Gasteiger partial charge in [0.1, 0.15) is 0 Å². The van der Waals surface area contributed by atoms with Gasteiger partial charge in [-0.05, 0) is 78.7 Å². The highest BCUT2D eigenvalue weighted by Gasteiger charge is 2.16. The third-order valence-electron chi connectivity index (χ3n) is 14.1. The Hall–Kier alpha value is -3.83. The van der Waals surface area contributed by atoms with Crippen LogP contribution in [-0.2, 0) is 38.1 Å². The number of esters is 4. The molecule has 17 heteroatoms. The van der Waals surface area contributed by atoms with E-state index in [2.05, 4.69) is 72.4 Å². The van der Waals surface area contributed by atoms with Crippen molar-refractivity contribution in [2.75, 3.05) is 122 Å². The second-order valence-corrected chi connectivity index (χ2v) is 22.0. The summed E-state index contributed by atoms with van der Waals surface area (Å²) < 4.78 is 22.4. The van der Waals surface area contributed by atoms with Crippen LogP contribution in [-0.4, -0.2) is 159 Å². The Kier molecular flexibility index (Phi) is 50.7. The van der Waals surface area contributed by atoms with Gasteiger partial charge in [0, 0.05) is 45.8 Å². The molecule has 0 aliphatic rings. The van der Waals surface area contributed by atoms with Crippen LogP contribution in [0.15, 0.2) is 0 Å². The maximum Gasteiger partial charge on any atom is 0.307 e. The summed E-state index contributed by atoms with van der Waals surface area (Å²) in [5.41, 5.74) is 0. The molecule has 3 N–H and O–H groups in total. The topological polar surface area (TPSA) is 190 Å². The molecule has 0 aliphatic carbocycles.